The van der Waals surface area contributed by atoms with Crippen LogP contribution >= 0.6 is 0 Å². The van der Waals surface area contributed by atoms with E-state index in [0.29, 0.717) is 5.92 Å². The van der Waals surface area contributed by atoms with Gasteiger partial charge in [0.05, 0.1) is 0 Å². The maximum Gasteiger partial charge on any atom is 0.246 e. The highest BCUT2D eigenvalue weighted by atomic mass is 16.2. The largest absolute Gasteiger partial charge is 0.330 e. The third kappa shape index (κ3) is 1.91. The van der Waals surface area contributed by atoms with Gasteiger partial charge in [0.25, 0.3) is 0 Å². The summed E-state index contributed by atoms with van der Waals surface area (Å²) < 4.78 is 0. The van der Waals surface area contributed by atoms with E-state index in [1.54, 1.807) is 0 Å². The molecule has 1 unspecified atom stereocenters. The first-order valence-corrected chi connectivity index (χ1v) is 6.63. The number of benzene rings is 1. The van der Waals surface area contributed by atoms with Gasteiger partial charge in [0.15, 0.2) is 0 Å². The number of hydrogen-bond acceptors (Lipinski definition) is 3. The number of para-hydroxylation sites is 1. The van der Waals surface area contributed by atoms with E-state index < -0.39 is 0 Å². The summed E-state index contributed by atoms with van der Waals surface area (Å²) >= 11 is 0. The molecule has 4 nitrogen and oxygen atoms in total. The normalized spacial score (nSPS) is 24.9. The number of carbonyl (C=O) groups is 1. The Morgan fingerprint density at radius 2 is 2.00 bits per heavy atom. The number of nitrogens with one attached hydrogen (secondary N) is 1. The van der Waals surface area contributed by atoms with Crippen molar-refractivity contribution in [3.63, 3.8) is 0 Å². The Morgan fingerprint density at radius 3 is 2.72 bits per heavy atom. The van der Waals surface area contributed by atoms with Crippen molar-refractivity contribution in [3.05, 3.63) is 29.8 Å². The molecule has 1 fully saturated rings. The minimum Gasteiger partial charge on any atom is -0.330 e. The van der Waals surface area contributed by atoms with Crippen molar-refractivity contribution in [2.45, 2.75) is 18.9 Å². The van der Waals surface area contributed by atoms with Crippen molar-refractivity contribution in [2.24, 2.45) is 11.7 Å². The Hall–Kier alpha value is -1.39. The van der Waals surface area contributed by atoms with Crippen LogP contribution < -0.4 is 11.1 Å². The second-order valence-corrected chi connectivity index (χ2v) is 5.19. The lowest BCUT2D eigenvalue weighted by atomic mass is 9.95. The molecule has 1 atom stereocenters. The third-order valence-electron chi connectivity index (χ3n) is 4.11. The summed E-state index contributed by atoms with van der Waals surface area (Å²) in [4.78, 5) is 14.4. The van der Waals surface area contributed by atoms with Gasteiger partial charge in [-0.1, -0.05) is 18.2 Å². The van der Waals surface area contributed by atoms with Crippen molar-refractivity contribution < 1.29 is 4.79 Å². The fourth-order valence-corrected chi connectivity index (χ4v) is 3.00. The van der Waals surface area contributed by atoms with E-state index in [1.807, 2.05) is 24.3 Å². The summed E-state index contributed by atoms with van der Waals surface area (Å²) in [6.45, 7) is 2.70. The predicted octanol–water partition coefficient (Wildman–Crippen LogP) is 1.35. The maximum atomic E-state index is 12.1. The lowest BCUT2D eigenvalue weighted by Crippen LogP contribution is -2.40. The van der Waals surface area contributed by atoms with Gasteiger partial charge in [-0.05, 0) is 44.5 Å². The van der Waals surface area contributed by atoms with Crippen molar-refractivity contribution >= 4 is 11.6 Å². The molecule has 0 spiro atoms. The highest BCUT2D eigenvalue weighted by Gasteiger charge is 2.36. The van der Waals surface area contributed by atoms with Gasteiger partial charge in [-0.3, -0.25) is 9.69 Å². The zero-order chi connectivity index (χ0) is 12.5. The predicted molar refractivity (Wildman–Crippen MR) is 71.2 cm³/mol. The average Bonchev–Trinajstić information content (AvgIpc) is 2.75. The second-order valence-electron chi connectivity index (χ2n) is 5.19. The summed E-state index contributed by atoms with van der Waals surface area (Å²) in [7, 11) is 0. The highest BCUT2D eigenvalue weighted by Crippen LogP contribution is 2.36. The molecule has 1 amide bonds. The number of likely N-dealkylation sites (tertiary alicyclic amines) is 1. The molecule has 0 radical (unpaired) electrons. The lowest BCUT2D eigenvalue weighted by Gasteiger charge is -2.34. The van der Waals surface area contributed by atoms with Gasteiger partial charge in [-0.15, -0.1) is 0 Å². The molecule has 1 saturated heterocycles. The molecule has 2 aliphatic rings. The fourth-order valence-electron chi connectivity index (χ4n) is 3.00. The van der Waals surface area contributed by atoms with E-state index in [-0.39, 0.29) is 11.9 Å². The molecule has 1 aromatic rings. The Labute approximate surface area is 107 Å². The third-order valence-corrected chi connectivity index (χ3v) is 4.11. The van der Waals surface area contributed by atoms with E-state index in [9.17, 15) is 4.79 Å². The topological polar surface area (TPSA) is 58.4 Å². The van der Waals surface area contributed by atoms with Gasteiger partial charge < -0.3 is 11.1 Å². The van der Waals surface area contributed by atoms with Crippen LogP contribution in [0.2, 0.25) is 0 Å². The second kappa shape index (κ2) is 4.71. The molecule has 0 aliphatic carbocycles. The summed E-state index contributed by atoms with van der Waals surface area (Å²) in [5, 5.41) is 2.96. The molecule has 3 rings (SSSR count). The smallest absolute Gasteiger partial charge is 0.246 e. The van der Waals surface area contributed by atoms with Crippen LogP contribution in [0.5, 0.6) is 0 Å². The van der Waals surface area contributed by atoms with E-state index in [2.05, 4.69) is 10.2 Å². The van der Waals surface area contributed by atoms with Crippen LogP contribution in [0.15, 0.2) is 24.3 Å². The van der Waals surface area contributed by atoms with Crippen molar-refractivity contribution in [3.8, 4) is 0 Å². The number of nitrogens with zero attached hydrogens (tertiary/aromatic N) is 1. The number of piperidine rings is 1. The fraction of sp³-hybridized carbons (Fsp3) is 0.500. The number of carbonyl (C=O) groups excluding carboxylic acids is 1. The van der Waals surface area contributed by atoms with Crippen molar-refractivity contribution in [2.75, 3.05) is 25.0 Å². The molecule has 2 heterocycles. The van der Waals surface area contributed by atoms with Gasteiger partial charge in [0.2, 0.25) is 5.91 Å². The number of amides is 1. The molecule has 96 valence electrons. The Kier molecular flexibility index (Phi) is 3.06. The summed E-state index contributed by atoms with van der Waals surface area (Å²) in [5.41, 5.74) is 7.79. The van der Waals surface area contributed by atoms with Crippen LogP contribution in [-0.4, -0.2) is 30.4 Å². The van der Waals surface area contributed by atoms with Gasteiger partial charge in [0.1, 0.15) is 6.04 Å². The van der Waals surface area contributed by atoms with Crippen molar-refractivity contribution in [1.82, 2.24) is 4.90 Å². The van der Waals surface area contributed by atoms with E-state index in [4.69, 9.17) is 5.73 Å². The first-order chi connectivity index (χ1) is 8.79. The van der Waals surface area contributed by atoms with Crippen LogP contribution in [-0.2, 0) is 4.79 Å². The molecule has 0 bridgehead atoms. The standard InChI is InChI=1S/C14H19N3O/c15-9-10-5-7-17(8-6-10)13-11-3-1-2-4-12(11)16-14(13)18/h1-4,10,13H,5-9,15H2,(H,16,18). The first-order valence-electron chi connectivity index (χ1n) is 6.63. The molecule has 18 heavy (non-hydrogen) atoms. The van der Waals surface area contributed by atoms with Crippen LogP contribution in [0.4, 0.5) is 5.69 Å². The maximum absolute atomic E-state index is 12.1. The molecule has 3 N–H and O–H groups in total. The average molecular weight is 245 g/mol. The van der Waals surface area contributed by atoms with Gasteiger partial charge in [-0.25, -0.2) is 0 Å². The molecule has 2 aliphatic heterocycles. The quantitative estimate of drug-likeness (QED) is 0.827. The minimum atomic E-state index is -0.0973. The molecule has 1 aromatic carbocycles. The van der Waals surface area contributed by atoms with Crippen LogP contribution in [0, 0.1) is 5.92 Å². The first kappa shape index (κ1) is 11.7. The summed E-state index contributed by atoms with van der Waals surface area (Å²) in [6.07, 6.45) is 2.20. The van der Waals surface area contributed by atoms with Gasteiger partial charge in [0, 0.05) is 11.3 Å². The SMILES string of the molecule is NCC1CCN(C2C(=O)Nc3ccccc32)CC1. The van der Waals surface area contributed by atoms with E-state index in [1.165, 1.54) is 0 Å². The zero-order valence-corrected chi connectivity index (χ0v) is 10.4. The monoisotopic (exact) mass is 245 g/mol. The molecular weight excluding hydrogens is 226 g/mol. The van der Waals surface area contributed by atoms with Crippen LogP contribution in [0.1, 0.15) is 24.4 Å². The Bertz CT molecular complexity index is 452. The van der Waals surface area contributed by atoms with Crippen molar-refractivity contribution in [1.29, 1.82) is 0 Å². The molecule has 0 aromatic heterocycles. The summed E-state index contributed by atoms with van der Waals surface area (Å²) in [6, 6.07) is 7.88. The Balaban J connectivity index is 1.79. The van der Waals surface area contributed by atoms with E-state index >= 15 is 0 Å². The summed E-state index contributed by atoms with van der Waals surface area (Å²) in [5.74, 6) is 0.739. The van der Waals surface area contributed by atoms with Crippen LogP contribution in [0.3, 0.4) is 0 Å². The minimum absolute atomic E-state index is 0.0973. The van der Waals surface area contributed by atoms with Crippen LogP contribution in [0.25, 0.3) is 0 Å². The number of fused-ring (bicyclic) bond motifs is 1. The van der Waals surface area contributed by atoms with Gasteiger partial charge >= 0.3 is 0 Å². The molecule has 0 saturated carbocycles. The molecular formula is C14H19N3O. The zero-order valence-electron chi connectivity index (χ0n) is 10.4. The number of nitrogens with two attached hydrogens (primary N) is 1. The molecule has 4 heteroatoms. The van der Waals surface area contributed by atoms with Gasteiger partial charge in [-0.2, -0.15) is 0 Å². The highest BCUT2D eigenvalue weighted by molar-refractivity contribution is 6.02. The number of rotatable bonds is 2. The lowest BCUT2D eigenvalue weighted by molar-refractivity contribution is -0.121. The number of hydrogen-bond donors (Lipinski definition) is 2. The van der Waals surface area contributed by atoms with E-state index in [0.717, 1.165) is 43.7 Å². The Morgan fingerprint density at radius 1 is 1.28 bits per heavy atom. The number of anilines is 1.